The first kappa shape index (κ1) is 15.3. The minimum Gasteiger partial charge on any atom is -0.349 e. The maximum Gasteiger partial charge on any atom is 0.268 e. The van der Waals surface area contributed by atoms with Crippen LogP contribution in [0.2, 0.25) is 0 Å². The van der Waals surface area contributed by atoms with Crippen LogP contribution in [0, 0.1) is 5.92 Å². The topological polar surface area (TPSA) is 54.3 Å². The fraction of sp³-hybridized carbons (Fsp3) is 0.571. The van der Waals surface area contributed by atoms with E-state index in [1.165, 1.54) is 0 Å². The molecule has 106 valence electrons. The van der Waals surface area contributed by atoms with Gasteiger partial charge in [-0.3, -0.25) is 9.59 Å². The average Bonchev–Trinajstić information content (AvgIpc) is 2.68. The monoisotopic (exact) mass is 265 g/mol. The van der Waals surface area contributed by atoms with E-state index in [2.05, 4.69) is 5.32 Å². The molecule has 0 saturated heterocycles. The third-order valence-electron chi connectivity index (χ3n) is 2.85. The molecule has 0 saturated carbocycles. The van der Waals surface area contributed by atoms with Gasteiger partial charge in [0.05, 0.1) is 5.69 Å². The summed E-state index contributed by atoms with van der Waals surface area (Å²) in [6.07, 6.45) is 1.79. The van der Waals surface area contributed by atoms with Gasteiger partial charge in [0.25, 0.3) is 5.91 Å². The van der Waals surface area contributed by atoms with Crippen molar-refractivity contribution in [1.29, 1.82) is 0 Å². The number of nitrogens with one attached hydrogen (secondary N) is 1. The minimum atomic E-state index is -0.130. The number of hydrogen-bond donors (Lipinski definition) is 1. The van der Waals surface area contributed by atoms with Crippen LogP contribution >= 0.6 is 0 Å². The van der Waals surface area contributed by atoms with Crippen LogP contribution in [0.5, 0.6) is 0 Å². The first-order chi connectivity index (χ1) is 8.73. The summed E-state index contributed by atoms with van der Waals surface area (Å²) in [4.78, 5) is 25.5. The lowest BCUT2D eigenvalue weighted by molar-refractivity contribution is -0.121. The van der Waals surface area contributed by atoms with Gasteiger partial charge in [0, 0.05) is 32.3 Å². The lowest BCUT2D eigenvalue weighted by atomic mass is 10.2. The second-order valence-electron chi connectivity index (χ2n) is 5.37. The Bertz CT molecular complexity index is 475. The van der Waals surface area contributed by atoms with Gasteiger partial charge in [0.15, 0.2) is 0 Å². The zero-order valence-electron chi connectivity index (χ0n) is 12.5. The Morgan fingerprint density at radius 3 is 2.32 bits per heavy atom. The van der Waals surface area contributed by atoms with Gasteiger partial charge >= 0.3 is 0 Å². The molecule has 5 heteroatoms. The van der Waals surface area contributed by atoms with Gasteiger partial charge in [0.2, 0.25) is 5.91 Å². The summed E-state index contributed by atoms with van der Waals surface area (Å²) in [5.74, 6) is -0.172. The van der Waals surface area contributed by atoms with Crippen LogP contribution < -0.4 is 10.2 Å². The second-order valence-corrected chi connectivity index (χ2v) is 5.37. The molecule has 5 nitrogen and oxygen atoms in total. The van der Waals surface area contributed by atoms with Crippen molar-refractivity contribution in [3.8, 4) is 0 Å². The second kappa shape index (κ2) is 5.91. The normalized spacial score (nSPS) is 10.9. The Hall–Kier alpha value is -1.78. The maximum absolute atomic E-state index is 12.0. The summed E-state index contributed by atoms with van der Waals surface area (Å²) >= 11 is 0. The van der Waals surface area contributed by atoms with Crippen LogP contribution in [-0.4, -0.2) is 29.5 Å². The smallest absolute Gasteiger partial charge is 0.268 e. The van der Waals surface area contributed by atoms with Crippen molar-refractivity contribution in [3.63, 3.8) is 0 Å². The van der Waals surface area contributed by atoms with Crippen molar-refractivity contribution >= 4 is 17.5 Å². The molecule has 1 aromatic heterocycles. The summed E-state index contributed by atoms with van der Waals surface area (Å²) in [5, 5.41) is 2.84. The van der Waals surface area contributed by atoms with E-state index >= 15 is 0 Å². The first-order valence-corrected chi connectivity index (χ1v) is 6.48. The van der Waals surface area contributed by atoms with Crippen LogP contribution in [0.15, 0.2) is 12.3 Å². The van der Waals surface area contributed by atoms with E-state index in [1.54, 1.807) is 35.8 Å². The molecule has 19 heavy (non-hydrogen) atoms. The van der Waals surface area contributed by atoms with Crippen molar-refractivity contribution in [2.45, 2.75) is 33.7 Å². The van der Waals surface area contributed by atoms with E-state index in [0.717, 1.165) is 5.69 Å². The van der Waals surface area contributed by atoms with E-state index in [4.69, 9.17) is 0 Å². The summed E-state index contributed by atoms with van der Waals surface area (Å²) in [5.41, 5.74) is 1.28. The number of carbonyl (C=O) groups is 2. The molecule has 0 unspecified atom stereocenters. The number of amides is 2. The highest BCUT2D eigenvalue weighted by atomic mass is 16.2. The molecule has 0 bridgehead atoms. The fourth-order valence-electron chi connectivity index (χ4n) is 1.81. The van der Waals surface area contributed by atoms with Crippen molar-refractivity contribution in [2.24, 2.45) is 13.0 Å². The molecule has 1 rings (SSSR count). The number of aryl methyl sites for hydroxylation is 1. The lowest BCUT2D eigenvalue weighted by Gasteiger charge is -2.17. The van der Waals surface area contributed by atoms with Crippen molar-refractivity contribution < 1.29 is 9.59 Å². The fourth-order valence-corrected chi connectivity index (χ4v) is 1.81. The maximum atomic E-state index is 12.0. The Balaban J connectivity index is 2.96. The summed E-state index contributed by atoms with van der Waals surface area (Å²) in [6.45, 7) is 7.54. The Morgan fingerprint density at radius 2 is 1.84 bits per heavy atom. The van der Waals surface area contributed by atoms with Crippen LogP contribution in [0.3, 0.4) is 0 Å². The SMILES string of the molecule is CC(C)NC(=O)c1cc(N(C)C(=O)C(C)C)cn1C. The van der Waals surface area contributed by atoms with Crippen molar-refractivity contribution in [2.75, 3.05) is 11.9 Å². The molecule has 0 aromatic carbocycles. The number of aromatic nitrogens is 1. The number of carbonyl (C=O) groups excluding carboxylic acids is 2. The molecule has 0 aliphatic carbocycles. The van der Waals surface area contributed by atoms with Crippen LogP contribution in [0.1, 0.15) is 38.2 Å². The molecule has 1 N–H and O–H groups in total. The minimum absolute atomic E-state index is 0.0291. The Morgan fingerprint density at radius 1 is 1.26 bits per heavy atom. The summed E-state index contributed by atoms with van der Waals surface area (Å²) < 4.78 is 1.73. The molecule has 0 aliphatic heterocycles. The highest BCUT2D eigenvalue weighted by Gasteiger charge is 2.19. The number of hydrogen-bond acceptors (Lipinski definition) is 2. The third-order valence-corrected chi connectivity index (χ3v) is 2.85. The molecule has 0 aliphatic rings. The van der Waals surface area contributed by atoms with Crippen LogP contribution in [-0.2, 0) is 11.8 Å². The highest BCUT2D eigenvalue weighted by Crippen LogP contribution is 2.18. The number of nitrogens with zero attached hydrogens (tertiary/aromatic N) is 2. The van der Waals surface area contributed by atoms with Gasteiger partial charge in [-0.15, -0.1) is 0 Å². The first-order valence-electron chi connectivity index (χ1n) is 6.48. The molecule has 2 amide bonds. The van der Waals surface area contributed by atoms with Gasteiger partial charge in [-0.2, -0.15) is 0 Å². The summed E-state index contributed by atoms with van der Waals surface area (Å²) in [7, 11) is 3.52. The van der Waals surface area contributed by atoms with Crippen molar-refractivity contribution in [3.05, 3.63) is 18.0 Å². The molecular weight excluding hydrogens is 242 g/mol. The molecule has 0 radical (unpaired) electrons. The van der Waals surface area contributed by atoms with Crippen LogP contribution in [0.4, 0.5) is 5.69 Å². The van der Waals surface area contributed by atoms with E-state index in [-0.39, 0.29) is 23.8 Å². The third kappa shape index (κ3) is 3.59. The quantitative estimate of drug-likeness (QED) is 0.902. The van der Waals surface area contributed by atoms with Gasteiger partial charge in [-0.25, -0.2) is 0 Å². The zero-order chi connectivity index (χ0) is 14.7. The van der Waals surface area contributed by atoms with E-state index < -0.39 is 0 Å². The predicted octanol–water partition coefficient (Wildman–Crippen LogP) is 1.78. The van der Waals surface area contributed by atoms with Gasteiger partial charge in [-0.05, 0) is 19.9 Å². The van der Waals surface area contributed by atoms with E-state index in [0.29, 0.717) is 5.69 Å². The molecule has 1 aromatic rings. The standard InChI is InChI=1S/C14H23N3O2/c1-9(2)14(19)17(6)11-7-12(16(5)8-11)13(18)15-10(3)4/h7-10H,1-6H3,(H,15,18). The highest BCUT2D eigenvalue weighted by molar-refractivity contribution is 5.98. The Labute approximate surface area is 114 Å². The molecular formula is C14H23N3O2. The molecule has 0 atom stereocenters. The van der Waals surface area contributed by atoms with E-state index in [1.807, 2.05) is 27.7 Å². The van der Waals surface area contributed by atoms with Gasteiger partial charge in [-0.1, -0.05) is 13.8 Å². The van der Waals surface area contributed by atoms with Gasteiger partial charge < -0.3 is 14.8 Å². The predicted molar refractivity (Wildman–Crippen MR) is 76.3 cm³/mol. The van der Waals surface area contributed by atoms with Gasteiger partial charge in [0.1, 0.15) is 5.69 Å². The van der Waals surface area contributed by atoms with Crippen LogP contribution in [0.25, 0.3) is 0 Å². The number of rotatable bonds is 4. The van der Waals surface area contributed by atoms with Crippen molar-refractivity contribution in [1.82, 2.24) is 9.88 Å². The number of anilines is 1. The zero-order valence-corrected chi connectivity index (χ0v) is 12.5. The molecule has 0 fully saturated rings. The summed E-state index contributed by atoms with van der Waals surface area (Å²) in [6, 6.07) is 1.82. The largest absolute Gasteiger partial charge is 0.349 e. The lowest BCUT2D eigenvalue weighted by Crippen LogP contribution is -2.31. The molecule has 1 heterocycles. The Kier molecular flexibility index (Phi) is 4.75. The molecule has 0 spiro atoms. The average molecular weight is 265 g/mol. The van der Waals surface area contributed by atoms with E-state index in [9.17, 15) is 9.59 Å².